The van der Waals surface area contributed by atoms with E-state index in [0.29, 0.717) is 5.15 Å². The lowest BCUT2D eigenvalue weighted by Crippen LogP contribution is -2.36. The summed E-state index contributed by atoms with van der Waals surface area (Å²) in [5.41, 5.74) is 6.34. The summed E-state index contributed by atoms with van der Waals surface area (Å²) >= 11 is 6.28. The van der Waals surface area contributed by atoms with Crippen molar-refractivity contribution >= 4 is 17.7 Å². The Labute approximate surface area is 125 Å². The van der Waals surface area contributed by atoms with Gasteiger partial charge in [0.2, 0.25) is 0 Å². The Morgan fingerprint density at radius 1 is 1.30 bits per heavy atom. The fourth-order valence-electron chi connectivity index (χ4n) is 2.98. The van der Waals surface area contributed by atoms with E-state index in [2.05, 4.69) is 22.9 Å². The van der Waals surface area contributed by atoms with Gasteiger partial charge in [0.25, 0.3) is 0 Å². The van der Waals surface area contributed by atoms with Crippen LogP contribution >= 0.6 is 11.6 Å². The zero-order chi connectivity index (χ0) is 14.1. The average molecular weight is 293 g/mol. The molecule has 2 aliphatic rings. The molecule has 0 amide bonds. The van der Waals surface area contributed by atoms with Gasteiger partial charge in [-0.15, -0.1) is 0 Å². The maximum Gasteiger partial charge on any atom is 0.136 e. The number of aryl methyl sites for hydroxylation is 1. The lowest BCUT2D eigenvalue weighted by molar-refractivity contribution is 0.0384. The van der Waals surface area contributed by atoms with E-state index in [1.54, 1.807) is 0 Å². The van der Waals surface area contributed by atoms with Gasteiger partial charge in [0.15, 0.2) is 0 Å². The van der Waals surface area contributed by atoms with Crippen LogP contribution in [-0.2, 0) is 11.2 Å². The Balaban J connectivity index is 1.67. The van der Waals surface area contributed by atoms with Crippen LogP contribution < -0.4 is 0 Å². The van der Waals surface area contributed by atoms with Crippen molar-refractivity contribution in [3.05, 3.63) is 33.1 Å². The summed E-state index contributed by atoms with van der Waals surface area (Å²) in [6.45, 7) is 9.15. The molecule has 0 radical (unpaired) electrons. The molecule has 1 aliphatic heterocycles. The van der Waals surface area contributed by atoms with Gasteiger partial charge in [0.1, 0.15) is 5.15 Å². The van der Waals surface area contributed by atoms with Crippen LogP contribution in [0.1, 0.15) is 28.8 Å². The zero-order valence-corrected chi connectivity index (χ0v) is 13.0. The number of hydrogen-bond acceptors (Lipinski definition) is 3. The highest BCUT2D eigenvalue weighted by atomic mass is 35.5. The Hall–Kier alpha value is -0.900. The number of halogens is 1. The minimum Gasteiger partial charge on any atom is -0.379 e. The SMILES string of the molecule is Cc1nc(Cl)c2c(c1C)CC(CCN1CCOCC1)=C2. The molecule has 1 aliphatic carbocycles. The maximum atomic E-state index is 6.28. The summed E-state index contributed by atoms with van der Waals surface area (Å²) in [4.78, 5) is 6.90. The summed E-state index contributed by atoms with van der Waals surface area (Å²) in [5.74, 6) is 0. The highest BCUT2D eigenvalue weighted by Gasteiger charge is 2.20. The molecule has 108 valence electrons. The monoisotopic (exact) mass is 292 g/mol. The molecule has 3 nitrogen and oxygen atoms in total. The number of ether oxygens (including phenoxy) is 1. The van der Waals surface area contributed by atoms with Crippen LogP contribution in [0, 0.1) is 13.8 Å². The van der Waals surface area contributed by atoms with E-state index in [0.717, 1.165) is 56.9 Å². The molecule has 0 bridgehead atoms. The van der Waals surface area contributed by atoms with Gasteiger partial charge in [0, 0.05) is 30.9 Å². The number of hydrogen-bond donors (Lipinski definition) is 0. The van der Waals surface area contributed by atoms with E-state index >= 15 is 0 Å². The molecule has 1 fully saturated rings. The van der Waals surface area contributed by atoms with Crippen molar-refractivity contribution in [2.24, 2.45) is 0 Å². The van der Waals surface area contributed by atoms with Crippen molar-refractivity contribution in [2.45, 2.75) is 26.7 Å². The van der Waals surface area contributed by atoms with Gasteiger partial charge >= 0.3 is 0 Å². The molecule has 0 atom stereocenters. The van der Waals surface area contributed by atoms with Crippen LogP contribution in [-0.4, -0.2) is 42.7 Å². The highest BCUT2D eigenvalue weighted by molar-refractivity contribution is 6.31. The number of morpholine rings is 1. The van der Waals surface area contributed by atoms with Crippen LogP contribution in [0.25, 0.3) is 6.08 Å². The van der Waals surface area contributed by atoms with Crippen molar-refractivity contribution in [1.29, 1.82) is 0 Å². The molecule has 0 unspecified atom stereocenters. The van der Waals surface area contributed by atoms with Crippen molar-refractivity contribution in [3.8, 4) is 0 Å². The highest BCUT2D eigenvalue weighted by Crippen LogP contribution is 2.34. The molecule has 20 heavy (non-hydrogen) atoms. The Morgan fingerprint density at radius 3 is 2.80 bits per heavy atom. The molecule has 0 N–H and O–H groups in total. The van der Waals surface area contributed by atoms with Gasteiger partial charge in [-0.2, -0.15) is 0 Å². The van der Waals surface area contributed by atoms with Crippen LogP contribution in [0.3, 0.4) is 0 Å². The third kappa shape index (κ3) is 2.76. The first-order valence-electron chi connectivity index (χ1n) is 7.30. The van der Waals surface area contributed by atoms with E-state index < -0.39 is 0 Å². The summed E-state index contributed by atoms with van der Waals surface area (Å²) in [5, 5.41) is 0.657. The van der Waals surface area contributed by atoms with E-state index in [1.165, 1.54) is 16.7 Å². The van der Waals surface area contributed by atoms with Crippen LogP contribution in [0.15, 0.2) is 5.57 Å². The summed E-state index contributed by atoms with van der Waals surface area (Å²) in [6, 6.07) is 0. The number of aromatic nitrogens is 1. The molecule has 0 spiro atoms. The summed E-state index contributed by atoms with van der Waals surface area (Å²) in [6.07, 6.45) is 4.40. The topological polar surface area (TPSA) is 25.4 Å². The molecule has 4 heteroatoms. The van der Waals surface area contributed by atoms with Crippen molar-refractivity contribution in [1.82, 2.24) is 9.88 Å². The smallest absolute Gasteiger partial charge is 0.136 e. The first kappa shape index (κ1) is 14.1. The Kier molecular flexibility index (Phi) is 4.11. The second-order valence-electron chi connectivity index (χ2n) is 5.69. The predicted molar refractivity (Wildman–Crippen MR) is 82.3 cm³/mol. The zero-order valence-electron chi connectivity index (χ0n) is 12.2. The largest absolute Gasteiger partial charge is 0.379 e. The maximum absolute atomic E-state index is 6.28. The number of rotatable bonds is 3. The van der Waals surface area contributed by atoms with Gasteiger partial charge in [-0.3, -0.25) is 4.90 Å². The van der Waals surface area contributed by atoms with Gasteiger partial charge in [-0.25, -0.2) is 4.98 Å². The lowest BCUT2D eigenvalue weighted by atomic mass is 10.0. The van der Waals surface area contributed by atoms with Gasteiger partial charge in [-0.1, -0.05) is 23.3 Å². The number of fused-ring (bicyclic) bond motifs is 1. The van der Waals surface area contributed by atoms with Crippen LogP contribution in [0.5, 0.6) is 0 Å². The molecule has 0 saturated carbocycles. The normalized spacial score (nSPS) is 19.1. The van der Waals surface area contributed by atoms with E-state index in [9.17, 15) is 0 Å². The molecular formula is C16H21ClN2O. The minimum atomic E-state index is 0.657. The third-order valence-electron chi connectivity index (χ3n) is 4.41. The standard InChI is InChI=1S/C16H21ClN2O/c1-11-12(2)18-16(17)15-10-13(9-14(11)15)3-4-19-5-7-20-8-6-19/h10H,3-9H2,1-2H3. The van der Waals surface area contributed by atoms with Gasteiger partial charge in [-0.05, 0) is 37.8 Å². The molecule has 1 aromatic rings. The number of pyridine rings is 1. The summed E-state index contributed by atoms with van der Waals surface area (Å²) < 4.78 is 5.38. The Morgan fingerprint density at radius 2 is 2.05 bits per heavy atom. The molecule has 3 rings (SSSR count). The third-order valence-corrected chi connectivity index (χ3v) is 4.70. The van der Waals surface area contributed by atoms with E-state index in [1.807, 2.05) is 6.92 Å². The minimum absolute atomic E-state index is 0.657. The quantitative estimate of drug-likeness (QED) is 0.801. The first-order chi connectivity index (χ1) is 9.65. The second kappa shape index (κ2) is 5.84. The molecule has 0 aromatic carbocycles. The van der Waals surface area contributed by atoms with Crippen molar-refractivity contribution in [3.63, 3.8) is 0 Å². The van der Waals surface area contributed by atoms with Crippen LogP contribution in [0.4, 0.5) is 0 Å². The van der Waals surface area contributed by atoms with Crippen LogP contribution in [0.2, 0.25) is 5.15 Å². The van der Waals surface area contributed by atoms with Gasteiger partial charge in [0.05, 0.1) is 13.2 Å². The van der Waals surface area contributed by atoms with E-state index in [-0.39, 0.29) is 0 Å². The lowest BCUT2D eigenvalue weighted by Gasteiger charge is -2.26. The molecule has 2 heterocycles. The van der Waals surface area contributed by atoms with Gasteiger partial charge < -0.3 is 4.74 Å². The molecule has 1 aromatic heterocycles. The fourth-order valence-corrected chi connectivity index (χ4v) is 3.28. The second-order valence-corrected chi connectivity index (χ2v) is 6.05. The van der Waals surface area contributed by atoms with E-state index in [4.69, 9.17) is 16.3 Å². The summed E-state index contributed by atoms with van der Waals surface area (Å²) in [7, 11) is 0. The number of nitrogens with zero attached hydrogens (tertiary/aromatic N) is 2. The molecule has 1 saturated heterocycles. The average Bonchev–Trinajstić information content (AvgIpc) is 2.89. The fraction of sp³-hybridized carbons (Fsp3) is 0.562. The van der Waals surface area contributed by atoms with Crippen molar-refractivity contribution in [2.75, 3.05) is 32.8 Å². The molecular weight excluding hydrogens is 272 g/mol. The Bertz CT molecular complexity index is 548. The predicted octanol–water partition coefficient (Wildman–Crippen LogP) is 3.01. The first-order valence-corrected chi connectivity index (χ1v) is 7.68. The van der Waals surface area contributed by atoms with Crippen molar-refractivity contribution < 1.29 is 4.74 Å².